The third-order valence-corrected chi connectivity index (χ3v) is 4.18. The van der Waals surface area contributed by atoms with E-state index in [9.17, 15) is 0 Å². The number of hydrogen-bond donors (Lipinski definition) is 0. The molecule has 0 aliphatic heterocycles. The Morgan fingerprint density at radius 2 is 1.25 bits per heavy atom. The number of hydrogen-bond acceptors (Lipinski definition) is 1. The topological polar surface area (TPSA) is 3.24 Å². The van der Waals surface area contributed by atoms with Crippen molar-refractivity contribution in [2.45, 2.75) is 65.2 Å². The molecule has 0 heterocycles. The lowest BCUT2D eigenvalue weighted by atomic mass is 10.0. The molecule has 114 valence electrons. The molecule has 0 spiro atoms. The van der Waals surface area contributed by atoms with Crippen LogP contribution in [-0.2, 0) is 6.42 Å². The molecule has 0 radical (unpaired) electrons. The number of rotatable bonds is 12. The summed E-state index contributed by atoms with van der Waals surface area (Å²) < 4.78 is 0. The van der Waals surface area contributed by atoms with Crippen LogP contribution >= 0.6 is 0 Å². The minimum absolute atomic E-state index is 1.20. The molecule has 0 bridgehead atoms. The van der Waals surface area contributed by atoms with Gasteiger partial charge in [-0.05, 0) is 44.5 Å². The van der Waals surface area contributed by atoms with E-state index < -0.39 is 0 Å². The van der Waals surface area contributed by atoms with E-state index in [-0.39, 0.29) is 0 Å². The Labute approximate surface area is 126 Å². The molecular formula is C19H33N. The summed E-state index contributed by atoms with van der Waals surface area (Å²) >= 11 is 0. The Bertz CT molecular complexity index is 303. The first-order chi connectivity index (χ1) is 9.86. The van der Waals surface area contributed by atoms with Crippen molar-refractivity contribution in [3.05, 3.63) is 35.9 Å². The van der Waals surface area contributed by atoms with Crippen molar-refractivity contribution in [1.29, 1.82) is 0 Å². The van der Waals surface area contributed by atoms with Crippen molar-refractivity contribution in [1.82, 2.24) is 4.90 Å². The van der Waals surface area contributed by atoms with E-state index in [1.807, 2.05) is 0 Å². The maximum atomic E-state index is 2.53. The molecule has 1 nitrogen and oxygen atoms in total. The molecule has 1 aromatic rings. The monoisotopic (exact) mass is 275 g/mol. The average molecular weight is 275 g/mol. The van der Waals surface area contributed by atoms with Gasteiger partial charge in [0.05, 0.1) is 0 Å². The second kappa shape index (κ2) is 12.0. The molecular weight excluding hydrogens is 242 g/mol. The van der Waals surface area contributed by atoms with Crippen LogP contribution in [0, 0.1) is 0 Å². The van der Waals surface area contributed by atoms with Crippen LogP contribution in [0.4, 0.5) is 0 Å². The molecule has 0 fully saturated rings. The zero-order valence-corrected chi connectivity index (χ0v) is 13.6. The van der Waals surface area contributed by atoms with Crippen LogP contribution in [-0.4, -0.2) is 24.5 Å². The van der Waals surface area contributed by atoms with Gasteiger partial charge in [0, 0.05) is 0 Å². The fourth-order valence-electron chi connectivity index (χ4n) is 2.73. The highest BCUT2D eigenvalue weighted by Crippen LogP contribution is 2.10. The highest BCUT2D eigenvalue weighted by molar-refractivity contribution is 5.14. The second-order valence-electron chi connectivity index (χ2n) is 5.74. The fraction of sp³-hybridized carbons (Fsp3) is 0.684. The minimum atomic E-state index is 1.20. The highest BCUT2D eigenvalue weighted by atomic mass is 15.1. The Morgan fingerprint density at radius 3 is 1.85 bits per heavy atom. The van der Waals surface area contributed by atoms with Crippen LogP contribution in [0.15, 0.2) is 30.3 Å². The number of nitrogens with zero attached hydrogens (tertiary/aromatic N) is 1. The largest absolute Gasteiger partial charge is 0.304 e. The van der Waals surface area contributed by atoms with Gasteiger partial charge in [-0.2, -0.15) is 0 Å². The van der Waals surface area contributed by atoms with Gasteiger partial charge in [0.15, 0.2) is 0 Å². The summed E-state index contributed by atoms with van der Waals surface area (Å²) in [4.78, 5) is 2.53. The lowest BCUT2D eigenvalue weighted by molar-refractivity contribution is 0.295. The Hall–Kier alpha value is -0.820. The van der Waals surface area contributed by atoms with Crippen molar-refractivity contribution in [2.24, 2.45) is 0 Å². The fourth-order valence-corrected chi connectivity index (χ4v) is 2.73. The van der Waals surface area contributed by atoms with Crippen molar-refractivity contribution in [2.75, 3.05) is 19.6 Å². The van der Waals surface area contributed by atoms with Crippen molar-refractivity contribution >= 4 is 0 Å². The van der Waals surface area contributed by atoms with Gasteiger partial charge in [0.2, 0.25) is 0 Å². The first-order valence-corrected chi connectivity index (χ1v) is 8.63. The van der Waals surface area contributed by atoms with E-state index in [4.69, 9.17) is 0 Å². The molecule has 0 atom stereocenters. The standard InChI is InChI=1S/C19H33N/c1-3-20(4-2)18-14-9-7-5-6-8-11-15-19-16-12-10-13-17-19/h10,12-13,16-17H,3-9,11,14-15,18H2,1-2H3. The molecule has 0 N–H and O–H groups in total. The normalized spacial score (nSPS) is 11.2. The van der Waals surface area contributed by atoms with E-state index in [2.05, 4.69) is 49.1 Å². The van der Waals surface area contributed by atoms with E-state index in [1.54, 1.807) is 0 Å². The Morgan fingerprint density at radius 1 is 0.700 bits per heavy atom. The summed E-state index contributed by atoms with van der Waals surface area (Å²) in [5.41, 5.74) is 1.49. The van der Waals surface area contributed by atoms with Gasteiger partial charge in [-0.3, -0.25) is 0 Å². The molecule has 1 rings (SSSR count). The summed E-state index contributed by atoms with van der Waals surface area (Å²) in [6.45, 7) is 8.22. The van der Waals surface area contributed by atoms with Gasteiger partial charge in [-0.15, -0.1) is 0 Å². The molecule has 0 aliphatic carbocycles. The van der Waals surface area contributed by atoms with Crippen molar-refractivity contribution < 1.29 is 0 Å². The maximum Gasteiger partial charge on any atom is -0.00190 e. The van der Waals surface area contributed by atoms with Crippen LogP contribution in [0.3, 0.4) is 0 Å². The van der Waals surface area contributed by atoms with E-state index in [1.165, 1.54) is 76.6 Å². The third kappa shape index (κ3) is 8.37. The molecule has 1 aromatic carbocycles. The summed E-state index contributed by atoms with van der Waals surface area (Å²) in [6, 6.07) is 10.9. The van der Waals surface area contributed by atoms with Crippen molar-refractivity contribution in [3.8, 4) is 0 Å². The van der Waals surface area contributed by atoms with Gasteiger partial charge in [0.1, 0.15) is 0 Å². The predicted octanol–water partition coefficient (Wildman–Crippen LogP) is 5.30. The van der Waals surface area contributed by atoms with Crippen LogP contribution in [0.5, 0.6) is 0 Å². The molecule has 0 aliphatic rings. The van der Waals surface area contributed by atoms with Gasteiger partial charge in [-0.1, -0.05) is 76.3 Å². The first-order valence-electron chi connectivity index (χ1n) is 8.63. The molecule has 0 unspecified atom stereocenters. The predicted molar refractivity (Wildman–Crippen MR) is 90.3 cm³/mol. The van der Waals surface area contributed by atoms with Crippen LogP contribution in [0.1, 0.15) is 64.4 Å². The van der Waals surface area contributed by atoms with E-state index >= 15 is 0 Å². The summed E-state index contributed by atoms with van der Waals surface area (Å²) in [6.07, 6.45) is 11.1. The van der Waals surface area contributed by atoms with E-state index in [0.717, 1.165) is 0 Å². The number of benzene rings is 1. The number of aryl methyl sites for hydroxylation is 1. The molecule has 1 heteroatoms. The zero-order valence-electron chi connectivity index (χ0n) is 13.6. The van der Waals surface area contributed by atoms with Gasteiger partial charge < -0.3 is 4.90 Å². The van der Waals surface area contributed by atoms with Crippen LogP contribution in [0.25, 0.3) is 0 Å². The molecule has 0 saturated heterocycles. The smallest absolute Gasteiger partial charge is 0.00190 e. The van der Waals surface area contributed by atoms with Gasteiger partial charge in [0.25, 0.3) is 0 Å². The van der Waals surface area contributed by atoms with Crippen LogP contribution < -0.4 is 0 Å². The minimum Gasteiger partial charge on any atom is -0.304 e. The summed E-state index contributed by atoms with van der Waals surface area (Å²) in [7, 11) is 0. The lowest BCUT2D eigenvalue weighted by Crippen LogP contribution is -2.23. The Balaban J connectivity index is 1.85. The van der Waals surface area contributed by atoms with Gasteiger partial charge in [-0.25, -0.2) is 0 Å². The van der Waals surface area contributed by atoms with Crippen molar-refractivity contribution in [3.63, 3.8) is 0 Å². The third-order valence-electron chi connectivity index (χ3n) is 4.18. The SMILES string of the molecule is CCN(CC)CCCCCCCCCc1ccccc1. The van der Waals surface area contributed by atoms with Gasteiger partial charge >= 0.3 is 0 Å². The highest BCUT2D eigenvalue weighted by Gasteiger charge is 1.98. The van der Waals surface area contributed by atoms with Crippen LogP contribution in [0.2, 0.25) is 0 Å². The quantitative estimate of drug-likeness (QED) is 0.468. The summed E-state index contributed by atoms with van der Waals surface area (Å²) in [5, 5.41) is 0. The average Bonchev–Trinajstić information content (AvgIpc) is 2.50. The molecule has 0 saturated carbocycles. The van der Waals surface area contributed by atoms with E-state index in [0.29, 0.717) is 0 Å². The first kappa shape index (κ1) is 17.2. The molecule has 0 aromatic heterocycles. The second-order valence-corrected chi connectivity index (χ2v) is 5.74. The molecule has 0 amide bonds. The summed E-state index contributed by atoms with van der Waals surface area (Å²) in [5.74, 6) is 0. The molecule has 20 heavy (non-hydrogen) atoms. The lowest BCUT2D eigenvalue weighted by Gasteiger charge is -2.17. The maximum absolute atomic E-state index is 2.53. The Kier molecular flexibility index (Phi) is 10.3. The number of unbranched alkanes of at least 4 members (excludes halogenated alkanes) is 6. The zero-order chi connectivity index (χ0) is 14.5.